The van der Waals surface area contributed by atoms with Gasteiger partial charge < -0.3 is 4.74 Å². The van der Waals surface area contributed by atoms with E-state index in [1.165, 1.54) is 0 Å². The van der Waals surface area contributed by atoms with Crippen LogP contribution in [0, 0.1) is 0 Å². The fraction of sp³-hybridized carbons (Fsp3) is 0.333. The van der Waals surface area contributed by atoms with Crippen molar-refractivity contribution in [3.8, 4) is 0 Å². The molecule has 0 aliphatic rings. The molecule has 0 aliphatic heterocycles. The van der Waals surface area contributed by atoms with Crippen LogP contribution in [0.15, 0.2) is 24.5 Å². The van der Waals surface area contributed by atoms with E-state index in [0.717, 1.165) is 0 Å². The van der Waals surface area contributed by atoms with Gasteiger partial charge in [-0.15, -0.1) is 0 Å². The molecule has 1 rings (SSSR count). The molecule has 0 unspecified atom stereocenters. The molecule has 0 saturated heterocycles. The fourth-order valence-corrected chi connectivity index (χ4v) is 0.816. The van der Waals surface area contributed by atoms with Crippen LogP contribution in [0.4, 0.5) is 0 Å². The second kappa shape index (κ2) is 4.62. The average Bonchev–Trinajstić information content (AvgIpc) is 2.15. The summed E-state index contributed by atoms with van der Waals surface area (Å²) in [6.45, 7) is 2.58. The van der Waals surface area contributed by atoms with E-state index >= 15 is 0 Å². The van der Waals surface area contributed by atoms with E-state index in [-0.39, 0.29) is 12.4 Å². The number of rotatable bonds is 4. The fourth-order valence-electron chi connectivity index (χ4n) is 0.816. The van der Waals surface area contributed by atoms with Crippen molar-refractivity contribution in [2.75, 3.05) is 13.2 Å². The maximum absolute atomic E-state index is 11.3. The molecule has 0 spiro atoms. The summed E-state index contributed by atoms with van der Waals surface area (Å²) in [5, 5.41) is 0. The first-order valence-electron chi connectivity index (χ1n) is 3.85. The highest BCUT2D eigenvalue weighted by molar-refractivity contribution is 5.96. The second-order valence-electron chi connectivity index (χ2n) is 2.30. The van der Waals surface area contributed by atoms with Gasteiger partial charge in [-0.3, -0.25) is 9.78 Å². The number of hydrogen-bond acceptors (Lipinski definition) is 3. The van der Waals surface area contributed by atoms with Crippen LogP contribution >= 0.6 is 0 Å². The summed E-state index contributed by atoms with van der Waals surface area (Å²) in [5.74, 6) is -0.000694. The minimum atomic E-state index is -0.000694. The Balaban J connectivity index is 2.54. The zero-order chi connectivity index (χ0) is 8.81. The SMILES string of the molecule is CCOCC(=O)c1ccncc1. The Labute approximate surface area is 71.4 Å². The number of pyridine rings is 1. The molecule has 0 radical (unpaired) electrons. The molecule has 64 valence electrons. The summed E-state index contributed by atoms with van der Waals surface area (Å²) in [4.78, 5) is 15.1. The number of aromatic nitrogens is 1. The maximum atomic E-state index is 11.3. The molecule has 0 fully saturated rings. The molecule has 1 aromatic rings. The van der Waals surface area contributed by atoms with Crippen molar-refractivity contribution in [3.63, 3.8) is 0 Å². The Bertz CT molecular complexity index is 246. The second-order valence-corrected chi connectivity index (χ2v) is 2.30. The Morgan fingerprint density at radius 2 is 2.17 bits per heavy atom. The summed E-state index contributed by atoms with van der Waals surface area (Å²) >= 11 is 0. The number of Topliss-reactive ketones (excluding diaryl/α,β-unsaturated/α-hetero) is 1. The van der Waals surface area contributed by atoms with E-state index in [9.17, 15) is 4.79 Å². The van der Waals surface area contributed by atoms with E-state index in [4.69, 9.17) is 4.74 Å². The highest BCUT2D eigenvalue weighted by atomic mass is 16.5. The smallest absolute Gasteiger partial charge is 0.188 e. The molecule has 0 atom stereocenters. The third-order valence-corrected chi connectivity index (χ3v) is 1.44. The normalized spacial score (nSPS) is 9.75. The summed E-state index contributed by atoms with van der Waals surface area (Å²) in [6, 6.07) is 3.36. The molecule has 0 saturated carbocycles. The summed E-state index contributed by atoms with van der Waals surface area (Å²) in [5.41, 5.74) is 0.651. The molecular weight excluding hydrogens is 154 g/mol. The van der Waals surface area contributed by atoms with Crippen molar-refractivity contribution in [2.45, 2.75) is 6.92 Å². The third kappa shape index (κ3) is 2.43. The Hall–Kier alpha value is -1.22. The van der Waals surface area contributed by atoms with Gasteiger partial charge in [-0.25, -0.2) is 0 Å². The van der Waals surface area contributed by atoms with Crippen LogP contribution in [0.25, 0.3) is 0 Å². The Kier molecular flexibility index (Phi) is 3.41. The number of carbonyl (C=O) groups excluding carboxylic acids is 1. The third-order valence-electron chi connectivity index (χ3n) is 1.44. The van der Waals surface area contributed by atoms with Crippen molar-refractivity contribution < 1.29 is 9.53 Å². The molecular formula is C9H11NO2. The number of carbonyl (C=O) groups is 1. The van der Waals surface area contributed by atoms with E-state index in [2.05, 4.69) is 4.98 Å². The molecule has 0 bridgehead atoms. The summed E-state index contributed by atoms with van der Waals surface area (Å²) in [6.07, 6.45) is 3.19. The number of ketones is 1. The summed E-state index contributed by atoms with van der Waals surface area (Å²) < 4.78 is 4.98. The van der Waals surface area contributed by atoms with E-state index < -0.39 is 0 Å². The van der Waals surface area contributed by atoms with E-state index in [1.54, 1.807) is 24.5 Å². The van der Waals surface area contributed by atoms with Crippen LogP contribution < -0.4 is 0 Å². The van der Waals surface area contributed by atoms with Gasteiger partial charge in [0.05, 0.1) is 0 Å². The van der Waals surface area contributed by atoms with E-state index in [1.807, 2.05) is 6.92 Å². The highest BCUT2D eigenvalue weighted by Crippen LogP contribution is 1.97. The number of hydrogen-bond donors (Lipinski definition) is 0. The van der Waals surface area contributed by atoms with Crippen LogP contribution in [0.3, 0.4) is 0 Å². The predicted molar refractivity (Wildman–Crippen MR) is 45.1 cm³/mol. The minimum Gasteiger partial charge on any atom is -0.374 e. The standard InChI is InChI=1S/C9H11NO2/c1-2-12-7-9(11)8-3-5-10-6-4-8/h3-6H,2,7H2,1H3. The number of ether oxygens (including phenoxy) is 1. The van der Waals surface area contributed by atoms with Crippen LogP contribution in [-0.4, -0.2) is 24.0 Å². The average molecular weight is 165 g/mol. The van der Waals surface area contributed by atoms with Crippen LogP contribution in [0.5, 0.6) is 0 Å². The Morgan fingerprint density at radius 3 is 2.75 bits per heavy atom. The lowest BCUT2D eigenvalue weighted by atomic mass is 10.2. The van der Waals surface area contributed by atoms with Gasteiger partial charge in [-0.1, -0.05) is 0 Å². The molecule has 0 aliphatic carbocycles. The largest absolute Gasteiger partial charge is 0.374 e. The van der Waals surface area contributed by atoms with Gasteiger partial charge in [0, 0.05) is 24.6 Å². The molecule has 1 heterocycles. The highest BCUT2D eigenvalue weighted by Gasteiger charge is 2.03. The Morgan fingerprint density at radius 1 is 1.50 bits per heavy atom. The van der Waals surface area contributed by atoms with Crippen LogP contribution in [0.1, 0.15) is 17.3 Å². The van der Waals surface area contributed by atoms with Gasteiger partial charge in [0.2, 0.25) is 0 Å². The van der Waals surface area contributed by atoms with Gasteiger partial charge in [0.25, 0.3) is 0 Å². The first-order valence-corrected chi connectivity index (χ1v) is 3.85. The van der Waals surface area contributed by atoms with Gasteiger partial charge in [0.1, 0.15) is 6.61 Å². The van der Waals surface area contributed by atoms with Gasteiger partial charge in [-0.2, -0.15) is 0 Å². The zero-order valence-corrected chi connectivity index (χ0v) is 6.99. The summed E-state index contributed by atoms with van der Waals surface area (Å²) in [7, 11) is 0. The quantitative estimate of drug-likeness (QED) is 0.631. The zero-order valence-electron chi connectivity index (χ0n) is 6.99. The lowest BCUT2D eigenvalue weighted by Gasteiger charge is -1.99. The van der Waals surface area contributed by atoms with Gasteiger partial charge in [0.15, 0.2) is 5.78 Å². The molecule has 3 heteroatoms. The van der Waals surface area contributed by atoms with Crippen molar-refractivity contribution >= 4 is 5.78 Å². The lowest BCUT2D eigenvalue weighted by molar-refractivity contribution is 0.0783. The van der Waals surface area contributed by atoms with E-state index in [0.29, 0.717) is 12.2 Å². The number of nitrogens with zero attached hydrogens (tertiary/aromatic N) is 1. The van der Waals surface area contributed by atoms with Crippen molar-refractivity contribution in [2.24, 2.45) is 0 Å². The van der Waals surface area contributed by atoms with Crippen molar-refractivity contribution in [3.05, 3.63) is 30.1 Å². The molecule has 0 aromatic carbocycles. The molecule has 1 aromatic heterocycles. The van der Waals surface area contributed by atoms with Gasteiger partial charge >= 0.3 is 0 Å². The lowest BCUT2D eigenvalue weighted by Crippen LogP contribution is -2.08. The van der Waals surface area contributed by atoms with Crippen LogP contribution in [0.2, 0.25) is 0 Å². The topological polar surface area (TPSA) is 39.2 Å². The first-order chi connectivity index (χ1) is 5.84. The maximum Gasteiger partial charge on any atom is 0.188 e. The predicted octanol–water partition coefficient (Wildman–Crippen LogP) is 1.30. The van der Waals surface area contributed by atoms with Gasteiger partial charge in [-0.05, 0) is 19.1 Å². The minimum absolute atomic E-state index is 0.000694. The van der Waals surface area contributed by atoms with Crippen LogP contribution in [-0.2, 0) is 4.74 Å². The van der Waals surface area contributed by atoms with Crippen molar-refractivity contribution in [1.29, 1.82) is 0 Å². The van der Waals surface area contributed by atoms with Crippen molar-refractivity contribution in [1.82, 2.24) is 4.98 Å². The molecule has 0 N–H and O–H groups in total. The monoisotopic (exact) mass is 165 g/mol. The molecule has 3 nitrogen and oxygen atoms in total. The first kappa shape index (κ1) is 8.87. The molecule has 12 heavy (non-hydrogen) atoms. The molecule has 0 amide bonds.